The predicted molar refractivity (Wildman–Crippen MR) is 109 cm³/mol. The van der Waals surface area contributed by atoms with Gasteiger partial charge in [-0.3, -0.25) is 0 Å². The summed E-state index contributed by atoms with van der Waals surface area (Å²) in [7, 11) is 0. The van der Waals surface area contributed by atoms with Gasteiger partial charge in [0.1, 0.15) is 0 Å². The zero-order valence-corrected chi connectivity index (χ0v) is 16.9. The summed E-state index contributed by atoms with van der Waals surface area (Å²) in [5.74, 6) is 6.65. The molecule has 144 valence electrons. The maximum atomic E-state index is 10.5. The molecule has 0 saturated heterocycles. The lowest BCUT2D eigenvalue weighted by Crippen LogP contribution is -2.18. The van der Waals surface area contributed by atoms with E-state index in [1.165, 1.54) is 0 Å². The quantitative estimate of drug-likeness (QED) is 0.354. The van der Waals surface area contributed by atoms with E-state index in [9.17, 15) is 10.2 Å². The van der Waals surface area contributed by atoms with Crippen molar-refractivity contribution >= 4 is 11.6 Å². The number of hydrogen-bond donors (Lipinski definition) is 2. The second-order valence-corrected chi connectivity index (χ2v) is 8.06. The number of rotatable bonds is 8. The Morgan fingerprint density at radius 3 is 2.50 bits per heavy atom. The number of halogens is 1. The van der Waals surface area contributed by atoms with Gasteiger partial charge in [0.05, 0.1) is 12.2 Å². The lowest BCUT2D eigenvalue weighted by molar-refractivity contribution is 0.155. The first-order valence-electron chi connectivity index (χ1n) is 10.1. The number of benzene rings is 1. The first-order chi connectivity index (χ1) is 12.6. The van der Waals surface area contributed by atoms with Gasteiger partial charge in [0.2, 0.25) is 0 Å². The molecule has 2 nitrogen and oxygen atoms in total. The molecular formula is C23H33ClO2. The maximum Gasteiger partial charge on any atom is 0.0790 e. The maximum absolute atomic E-state index is 10.5. The Kier molecular flexibility index (Phi) is 8.99. The zero-order chi connectivity index (χ0) is 18.9. The molecule has 0 bridgehead atoms. The molecule has 0 radical (unpaired) electrons. The molecular weight excluding hydrogens is 344 g/mol. The van der Waals surface area contributed by atoms with Crippen molar-refractivity contribution in [1.29, 1.82) is 0 Å². The SMILES string of the molecule is CCCC#CCC1C(c2ccc(C(O)CCCCC)cc2)[C@H](O)C[C@H]1Cl. The van der Waals surface area contributed by atoms with E-state index >= 15 is 0 Å². The zero-order valence-electron chi connectivity index (χ0n) is 16.1. The second kappa shape index (κ2) is 11.0. The molecule has 2 N–H and O–H groups in total. The van der Waals surface area contributed by atoms with Crippen LogP contribution < -0.4 is 0 Å². The normalized spacial score (nSPS) is 26.3. The van der Waals surface area contributed by atoms with E-state index in [1.807, 2.05) is 24.3 Å². The molecule has 0 heterocycles. The van der Waals surface area contributed by atoms with E-state index in [0.29, 0.717) is 6.42 Å². The van der Waals surface area contributed by atoms with Crippen molar-refractivity contribution in [1.82, 2.24) is 0 Å². The van der Waals surface area contributed by atoms with Crippen LogP contribution in [0.3, 0.4) is 0 Å². The molecule has 1 aromatic rings. The van der Waals surface area contributed by atoms with Gasteiger partial charge in [-0.2, -0.15) is 0 Å². The summed E-state index contributed by atoms with van der Waals surface area (Å²) >= 11 is 6.52. The Bertz CT molecular complexity index is 586. The van der Waals surface area contributed by atoms with Crippen molar-refractivity contribution in [2.24, 2.45) is 5.92 Å². The fraction of sp³-hybridized carbons (Fsp3) is 0.652. The third-order valence-electron chi connectivity index (χ3n) is 5.43. The van der Waals surface area contributed by atoms with Crippen LogP contribution in [0.1, 0.15) is 88.4 Å². The molecule has 1 fully saturated rings. The summed E-state index contributed by atoms with van der Waals surface area (Å²) < 4.78 is 0. The van der Waals surface area contributed by atoms with E-state index in [4.69, 9.17) is 11.6 Å². The fourth-order valence-corrected chi connectivity index (χ4v) is 4.31. The average molecular weight is 377 g/mol. The summed E-state index contributed by atoms with van der Waals surface area (Å²) in [5, 5.41) is 20.8. The first kappa shape index (κ1) is 21.3. The molecule has 1 aliphatic rings. The van der Waals surface area contributed by atoms with Crippen molar-refractivity contribution in [2.45, 2.75) is 88.7 Å². The van der Waals surface area contributed by atoms with Crippen molar-refractivity contribution in [3.05, 3.63) is 35.4 Å². The number of aliphatic hydroxyl groups is 2. The molecule has 1 aromatic carbocycles. The molecule has 5 atom stereocenters. The molecule has 1 saturated carbocycles. The minimum Gasteiger partial charge on any atom is -0.392 e. The summed E-state index contributed by atoms with van der Waals surface area (Å²) in [6.45, 7) is 4.29. The molecule has 3 unspecified atom stereocenters. The Morgan fingerprint density at radius 2 is 1.85 bits per heavy atom. The van der Waals surface area contributed by atoms with Gasteiger partial charge in [0.25, 0.3) is 0 Å². The van der Waals surface area contributed by atoms with Gasteiger partial charge in [-0.1, -0.05) is 57.4 Å². The van der Waals surface area contributed by atoms with Crippen LogP contribution in [0.2, 0.25) is 0 Å². The number of hydrogen-bond acceptors (Lipinski definition) is 2. The standard InChI is InChI=1S/C23H33ClO2/c1-3-5-7-9-10-19-20(24)16-22(26)23(19)18-14-12-17(13-15-18)21(25)11-8-6-4-2/h12-15,19-23,25-26H,3-6,8,10-11,16H2,1-2H3/t19?,20-,21?,22-,23?/m1/s1. The number of alkyl halides is 1. The highest BCUT2D eigenvalue weighted by atomic mass is 35.5. The predicted octanol–water partition coefficient (Wildman–Crippen LogP) is 5.57. The van der Waals surface area contributed by atoms with Gasteiger partial charge in [-0.25, -0.2) is 0 Å². The van der Waals surface area contributed by atoms with Crippen LogP contribution in [-0.4, -0.2) is 21.7 Å². The smallest absolute Gasteiger partial charge is 0.0790 e. The Labute approximate surface area is 164 Å². The Balaban J connectivity index is 2.06. The molecule has 0 aromatic heterocycles. The minimum atomic E-state index is -0.421. The third-order valence-corrected chi connectivity index (χ3v) is 5.93. The van der Waals surface area contributed by atoms with E-state index in [0.717, 1.165) is 56.1 Å². The largest absolute Gasteiger partial charge is 0.392 e. The molecule has 0 amide bonds. The van der Waals surface area contributed by atoms with Gasteiger partial charge in [0.15, 0.2) is 0 Å². The monoisotopic (exact) mass is 376 g/mol. The molecule has 0 spiro atoms. The van der Waals surface area contributed by atoms with Crippen molar-refractivity contribution < 1.29 is 10.2 Å². The Hall–Kier alpha value is -1.01. The van der Waals surface area contributed by atoms with Crippen LogP contribution in [0, 0.1) is 17.8 Å². The minimum absolute atomic E-state index is 0.0275. The second-order valence-electron chi connectivity index (χ2n) is 7.49. The lowest BCUT2D eigenvalue weighted by atomic mass is 9.85. The van der Waals surface area contributed by atoms with Crippen molar-refractivity contribution in [3.63, 3.8) is 0 Å². The van der Waals surface area contributed by atoms with E-state index < -0.39 is 12.2 Å². The number of unbranched alkanes of at least 4 members (excludes halogenated alkanes) is 3. The van der Waals surface area contributed by atoms with Crippen molar-refractivity contribution in [3.8, 4) is 11.8 Å². The van der Waals surface area contributed by atoms with Crippen LogP contribution in [0.25, 0.3) is 0 Å². The lowest BCUT2D eigenvalue weighted by Gasteiger charge is -2.23. The van der Waals surface area contributed by atoms with E-state index in [-0.39, 0.29) is 17.2 Å². The van der Waals surface area contributed by atoms with Crippen LogP contribution in [0.4, 0.5) is 0 Å². The fourth-order valence-electron chi connectivity index (χ4n) is 3.88. The van der Waals surface area contributed by atoms with Gasteiger partial charge >= 0.3 is 0 Å². The van der Waals surface area contributed by atoms with Crippen LogP contribution in [0.15, 0.2) is 24.3 Å². The molecule has 26 heavy (non-hydrogen) atoms. The van der Waals surface area contributed by atoms with Gasteiger partial charge in [-0.15, -0.1) is 23.4 Å². The third kappa shape index (κ3) is 5.74. The van der Waals surface area contributed by atoms with E-state index in [2.05, 4.69) is 25.7 Å². The topological polar surface area (TPSA) is 40.5 Å². The van der Waals surface area contributed by atoms with Crippen molar-refractivity contribution in [2.75, 3.05) is 0 Å². The molecule has 2 rings (SSSR count). The van der Waals surface area contributed by atoms with Gasteiger partial charge in [0, 0.05) is 24.1 Å². The van der Waals surface area contributed by atoms with Crippen LogP contribution >= 0.6 is 11.6 Å². The van der Waals surface area contributed by atoms with Crippen LogP contribution in [-0.2, 0) is 0 Å². The first-order valence-corrected chi connectivity index (χ1v) is 10.6. The van der Waals surface area contributed by atoms with Gasteiger partial charge in [-0.05, 0) is 36.3 Å². The highest BCUT2D eigenvalue weighted by molar-refractivity contribution is 6.21. The molecule has 1 aliphatic carbocycles. The highest BCUT2D eigenvalue weighted by Gasteiger charge is 2.41. The molecule has 0 aliphatic heterocycles. The summed E-state index contributed by atoms with van der Waals surface area (Å²) in [6, 6.07) is 8.10. The highest BCUT2D eigenvalue weighted by Crippen LogP contribution is 2.44. The summed E-state index contributed by atoms with van der Waals surface area (Å²) in [4.78, 5) is 0. The summed E-state index contributed by atoms with van der Waals surface area (Å²) in [6.07, 6.45) is 6.68. The van der Waals surface area contributed by atoms with Gasteiger partial charge < -0.3 is 10.2 Å². The van der Waals surface area contributed by atoms with Crippen LogP contribution in [0.5, 0.6) is 0 Å². The average Bonchev–Trinajstić information content (AvgIpc) is 2.92. The molecule has 3 heteroatoms. The Morgan fingerprint density at radius 1 is 1.12 bits per heavy atom. The number of aliphatic hydroxyl groups excluding tert-OH is 2. The van der Waals surface area contributed by atoms with E-state index in [1.54, 1.807) is 0 Å². The summed E-state index contributed by atoms with van der Waals surface area (Å²) in [5.41, 5.74) is 2.06.